The van der Waals surface area contributed by atoms with E-state index in [9.17, 15) is 4.39 Å². The molecule has 0 atom stereocenters. The molecule has 4 heteroatoms. The minimum atomic E-state index is -0.512. The van der Waals surface area contributed by atoms with Gasteiger partial charge >= 0.3 is 0 Å². The average Bonchev–Trinajstić information content (AvgIpc) is 2.29. The maximum Gasteiger partial charge on any atom is 0.236 e. The SMILES string of the molecule is COc1cc(F)nn1C(C)(C)C. The van der Waals surface area contributed by atoms with Crippen LogP contribution in [0, 0.1) is 5.95 Å². The monoisotopic (exact) mass is 172 g/mol. The second-order valence-corrected chi connectivity index (χ2v) is 3.59. The van der Waals surface area contributed by atoms with E-state index in [2.05, 4.69) is 5.10 Å². The molecule has 12 heavy (non-hydrogen) atoms. The summed E-state index contributed by atoms with van der Waals surface area (Å²) in [5, 5.41) is 3.68. The summed E-state index contributed by atoms with van der Waals surface area (Å²) in [7, 11) is 1.50. The van der Waals surface area contributed by atoms with Crippen molar-refractivity contribution in [2.24, 2.45) is 0 Å². The van der Waals surface area contributed by atoms with Gasteiger partial charge in [0.05, 0.1) is 18.7 Å². The Morgan fingerprint density at radius 2 is 2.08 bits per heavy atom. The fraction of sp³-hybridized carbons (Fsp3) is 0.625. The van der Waals surface area contributed by atoms with E-state index in [-0.39, 0.29) is 5.54 Å². The molecule has 0 bridgehead atoms. The lowest BCUT2D eigenvalue weighted by atomic mass is 10.1. The Labute approximate surface area is 71.1 Å². The number of rotatable bonds is 1. The van der Waals surface area contributed by atoms with Crippen LogP contribution in [-0.4, -0.2) is 16.9 Å². The average molecular weight is 172 g/mol. The molecule has 1 aromatic rings. The number of aromatic nitrogens is 2. The maximum absolute atomic E-state index is 12.7. The standard InChI is InChI=1S/C8H13FN2O/c1-8(2,3)11-7(12-4)5-6(9)10-11/h5H,1-4H3. The normalized spacial score (nSPS) is 11.8. The van der Waals surface area contributed by atoms with Gasteiger partial charge in [-0.15, -0.1) is 5.10 Å². The van der Waals surface area contributed by atoms with Crippen molar-refractivity contribution in [3.05, 3.63) is 12.0 Å². The minimum absolute atomic E-state index is 0.254. The first-order valence-electron chi connectivity index (χ1n) is 3.75. The van der Waals surface area contributed by atoms with E-state index in [1.54, 1.807) is 0 Å². The van der Waals surface area contributed by atoms with E-state index in [4.69, 9.17) is 4.74 Å². The van der Waals surface area contributed by atoms with Crippen LogP contribution in [0.25, 0.3) is 0 Å². The van der Waals surface area contributed by atoms with E-state index in [0.717, 1.165) is 0 Å². The third kappa shape index (κ3) is 1.57. The molecule has 0 aromatic carbocycles. The molecule has 0 saturated heterocycles. The zero-order valence-electron chi connectivity index (χ0n) is 7.76. The molecule has 0 unspecified atom stereocenters. The summed E-state index contributed by atoms with van der Waals surface area (Å²) in [5.41, 5.74) is -0.254. The first kappa shape index (κ1) is 9.03. The van der Waals surface area contributed by atoms with Crippen molar-refractivity contribution in [2.45, 2.75) is 26.3 Å². The molecule has 0 aliphatic rings. The highest BCUT2D eigenvalue weighted by Gasteiger charge is 2.19. The van der Waals surface area contributed by atoms with Crippen molar-refractivity contribution in [3.63, 3.8) is 0 Å². The van der Waals surface area contributed by atoms with Gasteiger partial charge in [-0.2, -0.15) is 4.39 Å². The number of methoxy groups -OCH3 is 1. The van der Waals surface area contributed by atoms with Gasteiger partial charge in [0.1, 0.15) is 0 Å². The molecule has 0 fully saturated rings. The zero-order chi connectivity index (χ0) is 9.35. The van der Waals surface area contributed by atoms with Gasteiger partial charge in [-0.3, -0.25) is 0 Å². The highest BCUT2D eigenvalue weighted by Crippen LogP contribution is 2.21. The van der Waals surface area contributed by atoms with Gasteiger partial charge < -0.3 is 4.74 Å². The van der Waals surface area contributed by atoms with Crippen LogP contribution >= 0.6 is 0 Å². The van der Waals surface area contributed by atoms with Gasteiger partial charge in [0.25, 0.3) is 0 Å². The molecule has 68 valence electrons. The fourth-order valence-electron chi connectivity index (χ4n) is 0.963. The van der Waals surface area contributed by atoms with Crippen LogP contribution < -0.4 is 4.74 Å². The summed E-state index contributed by atoms with van der Waals surface area (Å²) in [6.45, 7) is 5.80. The predicted molar refractivity (Wildman–Crippen MR) is 43.7 cm³/mol. The molecule has 0 aliphatic carbocycles. The number of hydrogen-bond donors (Lipinski definition) is 0. The Hall–Kier alpha value is -1.06. The predicted octanol–water partition coefficient (Wildman–Crippen LogP) is 1.79. The van der Waals surface area contributed by atoms with Crippen molar-refractivity contribution in [1.82, 2.24) is 9.78 Å². The highest BCUT2D eigenvalue weighted by atomic mass is 19.1. The van der Waals surface area contributed by atoms with Crippen molar-refractivity contribution in [1.29, 1.82) is 0 Å². The molecule has 0 spiro atoms. The molecule has 0 saturated carbocycles. The number of hydrogen-bond acceptors (Lipinski definition) is 2. The van der Waals surface area contributed by atoms with E-state index >= 15 is 0 Å². The van der Waals surface area contributed by atoms with Crippen LogP contribution in [0.2, 0.25) is 0 Å². The number of halogens is 1. The molecule has 0 N–H and O–H groups in total. The first-order chi connectivity index (χ1) is 5.45. The van der Waals surface area contributed by atoms with Crippen LogP contribution in [0.15, 0.2) is 6.07 Å². The lowest BCUT2D eigenvalue weighted by molar-refractivity contribution is 0.278. The Morgan fingerprint density at radius 1 is 1.50 bits per heavy atom. The summed E-state index contributed by atoms with van der Waals surface area (Å²) in [4.78, 5) is 0. The van der Waals surface area contributed by atoms with Crippen molar-refractivity contribution in [3.8, 4) is 5.88 Å². The van der Waals surface area contributed by atoms with E-state index < -0.39 is 5.95 Å². The Morgan fingerprint density at radius 3 is 2.42 bits per heavy atom. The molecule has 1 heterocycles. The highest BCUT2D eigenvalue weighted by molar-refractivity contribution is 5.11. The van der Waals surface area contributed by atoms with Crippen LogP contribution in [0.4, 0.5) is 4.39 Å². The second kappa shape index (κ2) is 2.77. The van der Waals surface area contributed by atoms with Gasteiger partial charge in [0.2, 0.25) is 11.8 Å². The topological polar surface area (TPSA) is 27.1 Å². The molecule has 0 aliphatic heterocycles. The van der Waals surface area contributed by atoms with Crippen molar-refractivity contribution < 1.29 is 9.13 Å². The third-order valence-corrected chi connectivity index (χ3v) is 1.49. The molecule has 1 rings (SSSR count). The first-order valence-corrected chi connectivity index (χ1v) is 3.75. The number of ether oxygens (including phenoxy) is 1. The summed E-state index contributed by atoms with van der Waals surface area (Å²) >= 11 is 0. The molecule has 3 nitrogen and oxygen atoms in total. The molecule has 0 radical (unpaired) electrons. The van der Waals surface area contributed by atoms with Gasteiger partial charge in [0, 0.05) is 0 Å². The van der Waals surface area contributed by atoms with E-state index in [1.165, 1.54) is 17.9 Å². The Kier molecular flexibility index (Phi) is 2.08. The molecular formula is C8H13FN2O. The van der Waals surface area contributed by atoms with Crippen LogP contribution in [0.1, 0.15) is 20.8 Å². The zero-order valence-corrected chi connectivity index (χ0v) is 7.76. The minimum Gasteiger partial charge on any atom is -0.481 e. The van der Waals surface area contributed by atoms with E-state index in [1.807, 2.05) is 20.8 Å². The smallest absolute Gasteiger partial charge is 0.236 e. The summed E-state index contributed by atoms with van der Waals surface area (Å²) in [6, 6.07) is 1.27. The molecular weight excluding hydrogens is 159 g/mol. The van der Waals surface area contributed by atoms with Crippen LogP contribution in [0.3, 0.4) is 0 Å². The largest absolute Gasteiger partial charge is 0.481 e. The van der Waals surface area contributed by atoms with E-state index in [0.29, 0.717) is 5.88 Å². The lowest BCUT2D eigenvalue weighted by Crippen LogP contribution is -2.23. The third-order valence-electron chi connectivity index (χ3n) is 1.49. The van der Waals surface area contributed by atoms with Crippen LogP contribution in [0.5, 0.6) is 5.88 Å². The van der Waals surface area contributed by atoms with Gasteiger partial charge in [-0.05, 0) is 20.8 Å². The van der Waals surface area contributed by atoms with Gasteiger partial charge in [-0.1, -0.05) is 0 Å². The van der Waals surface area contributed by atoms with Gasteiger partial charge in [0.15, 0.2) is 0 Å². The van der Waals surface area contributed by atoms with Crippen molar-refractivity contribution in [2.75, 3.05) is 7.11 Å². The number of nitrogens with zero attached hydrogens (tertiary/aromatic N) is 2. The Balaban J connectivity index is 3.13. The quantitative estimate of drug-likeness (QED) is 0.645. The fourth-order valence-corrected chi connectivity index (χ4v) is 0.963. The summed E-state index contributed by atoms with van der Waals surface area (Å²) < 4.78 is 19.2. The van der Waals surface area contributed by atoms with Gasteiger partial charge in [-0.25, -0.2) is 4.68 Å². The summed E-state index contributed by atoms with van der Waals surface area (Å²) in [5.74, 6) is -0.0678. The molecule has 1 aromatic heterocycles. The lowest BCUT2D eigenvalue weighted by Gasteiger charge is -2.20. The summed E-state index contributed by atoms with van der Waals surface area (Å²) in [6.07, 6.45) is 0. The van der Waals surface area contributed by atoms with Crippen LogP contribution in [-0.2, 0) is 5.54 Å². The Bertz CT molecular complexity index is 275. The molecule has 0 amide bonds. The van der Waals surface area contributed by atoms with Crippen molar-refractivity contribution >= 4 is 0 Å². The maximum atomic E-state index is 12.7. The second-order valence-electron chi connectivity index (χ2n) is 3.59.